The van der Waals surface area contributed by atoms with Crippen LogP contribution in [0.25, 0.3) is 10.8 Å². The fourth-order valence-electron chi connectivity index (χ4n) is 2.28. The van der Waals surface area contributed by atoms with Gasteiger partial charge in [0.1, 0.15) is 0 Å². The molecule has 2 aromatic rings. The van der Waals surface area contributed by atoms with Crippen LogP contribution in [0.3, 0.4) is 0 Å². The first kappa shape index (κ1) is 11.0. The SMILES string of the molecule is c1coc(-c2ncc(CNC3CCCC3)s2)c1. The molecule has 0 saturated heterocycles. The highest BCUT2D eigenvalue weighted by molar-refractivity contribution is 7.14. The Kier molecular flexibility index (Phi) is 3.25. The first-order chi connectivity index (χ1) is 8.42. The van der Waals surface area contributed by atoms with Gasteiger partial charge in [0.15, 0.2) is 10.8 Å². The molecule has 3 rings (SSSR count). The average Bonchev–Trinajstić information content (AvgIpc) is 3.09. The number of hydrogen-bond donors (Lipinski definition) is 1. The van der Waals surface area contributed by atoms with Crippen molar-refractivity contribution in [3.05, 3.63) is 29.5 Å². The Labute approximate surface area is 105 Å². The monoisotopic (exact) mass is 248 g/mol. The quantitative estimate of drug-likeness (QED) is 0.900. The minimum atomic E-state index is 0.712. The Morgan fingerprint density at radius 2 is 2.29 bits per heavy atom. The van der Waals surface area contributed by atoms with Crippen molar-refractivity contribution in [3.63, 3.8) is 0 Å². The molecule has 2 aromatic heterocycles. The zero-order chi connectivity index (χ0) is 11.5. The molecule has 0 radical (unpaired) electrons. The zero-order valence-electron chi connectivity index (χ0n) is 9.69. The second kappa shape index (κ2) is 5.02. The number of thiazole rings is 1. The zero-order valence-corrected chi connectivity index (χ0v) is 10.5. The van der Waals surface area contributed by atoms with E-state index in [1.165, 1.54) is 30.6 Å². The molecule has 0 aromatic carbocycles. The molecule has 4 heteroatoms. The Morgan fingerprint density at radius 3 is 3.06 bits per heavy atom. The van der Waals surface area contributed by atoms with Crippen molar-refractivity contribution < 1.29 is 4.42 Å². The van der Waals surface area contributed by atoms with Crippen molar-refractivity contribution >= 4 is 11.3 Å². The van der Waals surface area contributed by atoms with Crippen LogP contribution in [0.15, 0.2) is 29.0 Å². The summed E-state index contributed by atoms with van der Waals surface area (Å²) in [6, 6.07) is 4.56. The van der Waals surface area contributed by atoms with E-state index < -0.39 is 0 Å². The molecule has 0 amide bonds. The summed E-state index contributed by atoms with van der Waals surface area (Å²) in [6.07, 6.45) is 9.03. The van der Waals surface area contributed by atoms with E-state index in [1.54, 1.807) is 17.6 Å². The highest BCUT2D eigenvalue weighted by atomic mass is 32.1. The Balaban J connectivity index is 1.60. The van der Waals surface area contributed by atoms with Gasteiger partial charge in [-0.1, -0.05) is 12.8 Å². The molecule has 0 atom stereocenters. The topological polar surface area (TPSA) is 38.1 Å². The molecular weight excluding hydrogens is 232 g/mol. The normalized spacial score (nSPS) is 16.7. The highest BCUT2D eigenvalue weighted by Crippen LogP contribution is 2.26. The maximum Gasteiger partial charge on any atom is 0.162 e. The molecule has 0 aliphatic heterocycles. The largest absolute Gasteiger partial charge is 0.462 e. The van der Waals surface area contributed by atoms with E-state index in [0.717, 1.165) is 17.3 Å². The first-order valence-corrected chi connectivity index (χ1v) is 6.95. The standard InChI is InChI=1S/C13H16N2OS/c1-2-5-10(4-1)14-8-11-9-15-13(17-11)12-6-3-7-16-12/h3,6-7,9-10,14H,1-2,4-5,8H2. The van der Waals surface area contributed by atoms with Crippen LogP contribution in [-0.4, -0.2) is 11.0 Å². The van der Waals surface area contributed by atoms with Crippen LogP contribution in [0.5, 0.6) is 0 Å². The summed E-state index contributed by atoms with van der Waals surface area (Å²) in [6.45, 7) is 0.934. The molecule has 1 fully saturated rings. The highest BCUT2D eigenvalue weighted by Gasteiger charge is 2.14. The van der Waals surface area contributed by atoms with Crippen molar-refractivity contribution in [1.29, 1.82) is 0 Å². The van der Waals surface area contributed by atoms with E-state index in [2.05, 4.69) is 10.3 Å². The third-order valence-electron chi connectivity index (χ3n) is 3.21. The van der Waals surface area contributed by atoms with Gasteiger partial charge in [0, 0.05) is 23.7 Å². The summed E-state index contributed by atoms with van der Waals surface area (Å²) in [5.41, 5.74) is 0. The van der Waals surface area contributed by atoms with Gasteiger partial charge >= 0.3 is 0 Å². The van der Waals surface area contributed by atoms with Gasteiger partial charge in [-0.25, -0.2) is 4.98 Å². The molecule has 1 saturated carbocycles. The lowest BCUT2D eigenvalue weighted by atomic mass is 10.2. The number of nitrogens with one attached hydrogen (secondary N) is 1. The van der Waals surface area contributed by atoms with Crippen molar-refractivity contribution in [2.45, 2.75) is 38.3 Å². The van der Waals surface area contributed by atoms with Gasteiger partial charge in [-0.05, 0) is 25.0 Å². The van der Waals surface area contributed by atoms with E-state index in [-0.39, 0.29) is 0 Å². The number of nitrogens with zero attached hydrogens (tertiary/aromatic N) is 1. The number of aromatic nitrogens is 1. The van der Waals surface area contributed by atoms with E-state index in [9.17, 15) is 0 Å². The summed E-state index contributed by atoms with van der Waals surface area (Å²) in [5, 5.41) is 4.57. The van der Waals surface area contributed by atoms with Crippen molar-refractivity contribution in [1.82, 2.24) is 10.3 Å². The van der Waals surface area contributed by atoms with Gasteiger partial charge in [0.25, 0.3) is 0 Å². The Hall–Kier alpha value is -1.13. The maximum atomic E-state index is 5.34. The second-order valence-corrected chi connectivity index (χ2v) is 5.59. The lowest BCUT2D eigenvalue weighted by Crippen LogP contribution is -2.24. The van der Waals surface area contributed by atoms with Crippen molar-refractivity contribution in [2.75, 3.05) is 0 Å². The summed E-state index contributed by atoms with van der Waals surface area (Å²) < 4.78 is 5.34. The summed E-state index contributed by atoms with van der Waals surface area (Å²) >= 11 is 1.71. The molecule has 17 heavy (non-hydrogen) atoms. The third kappa shape index (κ3) is 2.58. The van der Waals surface area contributed by atoms with Crippen molar-refractivity contribution in [2.24, 2.45) is 0 Å². The number of rotatable bonds is 4. The van der Waals surface area contributed by atoms with Gasteiger partial charge in [0.05, 0.1) is 6.26 Å². The van der Waals surface area contributed by atoms with E-state index in [4.69, 9.17) is 4.42 Å². The fraction of sp³-hybridized carbons (Fsp3) is 0.462. The third-order valence-corrected chi connectivity index (χ3v) is 4.22. The van der Waals surface area contributed by atoms with Crippen molar-refractivity contribution in [3.8, 4) is 10.8 Å². The predicted molar refractivity (Wildman–Crippen MR) is 68.9 cm³/mol. The maximum absolute atomic E-state index is 5.34. The summed E-state index contributed by atoms with van der Waals surface area (Å²) in [7, 11) is 0. The van der Waals surface area contributed by atoms with Crippen LogP contribution in [0, 0.1) is 0 Å². The molecule has 0 unspecified atom stereocenters. The Morgan fingerprint density at radius 1 is 1.41 bits per heavy atom. The van der Waals surface area contributed by atoms with E-state index >= 15 is 0 Å². The molecule has 1 N–H and O–H groups in total. The average molecular weight is 248 g/mol. The van der Waals surface area contributed by atoms with Crippen LogP contribution in [0.2, 0.25) is 0 Å². The van der Waals surface area contributed by atoms with Crippen LogP contribution < -0.4 is 5.32 Å². The minimum Gasteiger partial charge on any atom is -0.462 e. The van der Waals surface area contributed by atoms with Crippen LogP contribution in [0.4, 0.5) is 0 Å². The van der Waals surface area contributed by atoms with Gasteiger partial charge < -0.3 is 9.73 Å². The van der Waals surface area contributed by atoms with Gasteiger partial charge in [-0.15, -0.1) is 11.3 Å². The summed E-state index contributed by atoms with van der Waals surface area (Å²) in [5.74, 6) is 0.863. The lowest BCUT2D eigenvalue weighted by Gasteiger charge is -2.09. The van der Waals surface area contributed by atoms with Crippen LogP contribution in [-0.2, 0) is 6.54 Å². The van der Waals surface area contributed by atoms with Gasteiger partial charge in [-0.3, -0.25) is 0 Å². The molecule has 2 heterocycles. The molecule has 1 aliphatic carbocycles. The second-order valence-electron chi connectivity index (χ2n) is 4.47. The van der Waals surface area contributed by atoms with E-state index in [0.29, 0.717) is 6.04 Å². The van der Waals surface area contributed by atoms with Gasteiger partial charge in [-0.2, -0.15) is 0 Å². The number of furan rings is 1. The lowest BCUT2D eigenvalue weighted by molar-refractivity contribution is 0.527. The van der Waals surface area contributed by atoms with Crippen LogP contribution in [0.1, 0.15) is 30.6 Å². The molecular formula is C13H16N2OS. The molecule has 3 nitrogen and oxygen atoms in total. The first-order valence-electron chi connectivity index (χ1n) is 6.14. The smallest absolute Gasteiger partial charge is 0.162 e. The fourth-order valence-corrected chi connectivity index (χ4v) is 3.11. The van der Waals surface area contributed by atoms with E-state index in [1.807, 2.05) is 18.3 Å². The summed E-state index contributed by atoms with van der Waals surface area (Å²) in [4.78, 5) is 5.67. The molecule has 0 spiro atoms. The Bertz CT molecular complexity index is 457. The molecule has 90 valence electrons. The molecule has 0 bridgehead atoms. The predicted octanol–water partition coefficient (Wildman–Crippen LogP) is 3.44. The molecule has 1 aliphatic rings. The van der Waals surface area contributed by atoms with Gasteiger partial charge in [0.2, 0.25) is 0 Å². The number of hydrogen-bond acceptors (Lipinski definition) is 4. The van der Waals surface area contributed by atoms with Crippen LogP contribution >= 0.6 is 11.3 Å². The minimum absolute atomic E-state index is 0.712.